The van der Waals surface area contributed by atoms with E-state index in [4.69, 9.17) is 0 Å². The number of carbonyl (C=O) groups is 3. The molecule has 2 aromatic carbocycles. The monoisotopic (exact) mass is 381 g/mol. The van der Waals surface area contributed by atoms with E-state index in [1.165, 1.54) is 25.1 Å². The average Bonchev–Trinajstić information content (AvgIpc) is 3.24. The fourth-order valence-electron chi connectivity index (χ4n) is 3.83. The van der Waals surface area contributed by atoms with E-state index in [-0.39, 0.29) is 30.7 Å². The minimum Gasteiger partial charge on any atom is -0.326 e. The van der Waals surface area contributed by atoms with Crippen molar-refractivity contribution in [3.63, 3.8) is 0 Å². The van der Waals surface area contributed by atoms with Crippen molar-refractivity contribution in [3.05, 3.63) is 53.8 Å². The van der Waals surface area contributed by atoms with Crippen LogP contribution in [0.25, 0.3) is 0 Å². The lowest BCUT2D eigenvalue weighted by atomic mass is 10.1. The number of amides is 3. The van der Waals surface area contributed by atoms with Gasteiger partial charge in [0.15, 0.2) is 0 Å². The highest BCUT2D eigenvalue weighted by Gasteiger charge is 2.36. The summed E-state index contributed by atoms with van der Waals surface area (Å²) in [5.41, 5.74) is 3.00. The van der Waals surface area contributed by atoms with E-state index in [1.54, 1.807) is 15.9 Å². The second kappa shape index (κ2) is 7.07. The van der Waals surface area contributed by atoms with Crippen LogP contribution in [0.3, 0.4) is 0 Å². The average molecular weight is 381 g/mol. The van der Waals surface area contributed by atoms with Crippen molar-refractivity contribution in [2.45, 2.75) is 19.8 Å². The van der Waals surface area contributed by atoms with E-state index in [1.807, 2.05) is 18.2 Å². The van der Waals surface area contributed by atoms with E-state index in [2.05, 4.69) is 5.32 Å². The summed E-state index contributed by atoms with van der Waals surface area (Å²) in [6, 6.07) is 11.3. The van der Waals surface area contributed by atoms with Gasteiger partial charge in [0, 0.05) is 43.5 Å². The zero-order valence-corrected chi connectivity index (χ0v) is 15.4. The van der Waals surface area contributed by atoms with Crippen LogP contribution in [0, 0.1) is 11.7 Å². The minimum atomic E-state index is -0.502. The Morgan fingerprint density at radius 2 is 2.00 bits per heavy atom. The van der Waals surface area contributed by atoms with Gasteiger partial charge in [0.1, 0.15) is 5.82 Å². The van der Waals surface area contributed by atoms with Crippen LogP contribution in [-0.4, -0.2) is 30.8 Å². The predicted molar refractivity (Wildman–Crippen MR) is 104 cm³/mol. The molecule has 1 N–H and O–H groups in total. The fourth-order valence-corrected chi connectivity index (χ4v) is 3.83. The van der Waals surface area contributed by atoms with Gasteiger partial charge < -0.3 is 15.1 Å². The van der Waals surface area contributed by atoms with Crippen molar-refractivity contribution in [2.24, 2.45) is 5.92 Å². The third-order valence-electron chi connectivity index (χ3n) is 5.24. The maximum Gasteiger partial charge on any atom is 0.229 e. The highest BCUT2D eigenvalue weighted by Crippen LogP contribution is 2.34. The quantitative estimate of drug-likeness (QED) is 0.889. The van der Waals surface area contributed by atoms with Gasteiger partial charge in [-0.2, -0.15) is 0 Å². The molecule has 2 heterocycles. The van der Waals surface area contributed by atoms with Crippen LogP contribution in [0.5, 0.6) is 0 Å². The van der Waals surface area contributed by atoms with Gasteiger partial charge in [-0.15, -0.1) is 0 Å². The number of nitrogens with one attached hydrogen (secondary N) is 1. The molecule has 2 aliphatic heterocycles. The molecule has 7 heteroatoms. The number of rotatable bonds is 3. The van der Waals surface area contributed by atoms with Crippen molar-refractivity contribution in [3.8, 4) is 0 Å². The Bertz CT molecular complexity index is 975. The highest BCUT2D eigenvalue weighted by molar-refractivity contribution is 6.04. The fraction of sp³-hybridized carbons (Fsp3) is 0.286. The largest absolute Gasteiger partial charge is 0.326 e. The molecule has 1 saturated heterocycles. The van der Waals surface area contributed by atoms with Crippen LogP contribution >= 0.6 is 0 Å². The Morgan fingerprint density at radius 3 is 2.75 bits per heavy atom. The number of hydrogen-bond acceptors (Lipinski definition) is 3. The summed E-state index contributed by atoms with van der Waals surface area (Å²) in [6.07, 6.45) is 0.853. The van der Waals surface area contributed by atoms with E-state index >= 15 is 0 Å². The second-order valence-electron chi connectivity index (χ2n) is 7.14. The van der Waals surface area contributed by atoms with E-state index < -0.39 is 11.7 Å². The number of carbonyl (C=O) groups excluding carboxylic acids is 3. The maximum atomic E-state index is 13.3. The summed E-state index contributed by atoms with van der Waals surface area (Å²) in [7, 11) is 0. The number of hydrogen-bond donors (Lipinski definition) is 1. The summed E-state index contributed by atoms with van der Waals surface area (Å²) >= 11 is 0. The Balaban J connectivity index is 1.48. The minimum absolute atomic E-state index is 0.00201. The van der Waals surface area contributed by atoms with Crippen LogP contribution in [0.2, 0.25) is 0 Å². The molecule has 6 nitrogen and oxygen atoms in total. The molecule has 1 atom stereocenters. The molecular formula is C21H20FN3O3. The Labute approximate surface area is 161 Å². The van der Waals surface area contributed by atoms with Gasteiger partial charge in [-0.25, -0.2) is 4.39 Å². The first-order valence-electron chi connectivity index (χ1n) is 9.20. The first-order valence-corrected chi connectivity index (χ1v) is 9.20. The van der Waals surface area contributed by atoms with E-state index in [9.17, 15) is 18.8 Å². The number of benzene rings is 2. The van der Waals surface area contributed by atoms with Gasteiger partial charge in [-0.1, -0.05) is 6.07 Å². The molecule has 2 aromatic rings. The molecule has 1 unspecified atom stereocenters. The molecule has 0 aliphatic carbocycles. The first-order chi connectivity index (χ1) is 13.4. The molecule has 4 rings (SSSR count). The molecule has 1 fully saturated rings. The van der Waals surface area contributed by atoms with Crippen LogP contribution in [0.4, 0.5) is 21.5 Å². The molecule has 3 amide bonds. The van der Waals surface area contributed by atoms with Crippen molar-refractivity contribution in [2.75, 3.05) is 28.2 Å². The lowest BCUT2D eigenvalue weighted by Gasteiger charge is -2.19. The first kappa shape index (κ1) is 18.2. The third-order valence-corrected chi connectivity index (χ3v) is 5.24. The number of nitrogens with zero attached hydrogens (tertiary/aromatic N) is 2. The van der Waals surface area contributed by atoms with Gasteiger partial charge >= 0.3 is 0 Å². The highest BCUT2D eigenvalue weighted by atomic mass is 19.1. The molecular weight excluding hydrogens is 361 g/mol. The lowest BCUT2D eigenvalue weighted by Crippen LogP contribution is -2.28. The lowest BCUT2D eigenvalue weighted by molar-refractivity contribution is -0.122. The van der Waals surface area contributed by atoms with Crippen LogP contribution in [0.1, 0.15) is 18.9 Å². The molecule has 0 radical (unpaired) electrons. The zero-order valence-electron chi connectivity index (χ0n) is 15.4. The Morgan fingerprint density at radius 1 is 1.18 bits per heavy atom. The molecule has 28 heavy (non-hydrogen) atoms. The van der Waals surface area contributed by atoms with Crippen molar-refractivity contribution in [1.29, 1.82) is 0 Å². The second-order valence-corrected chi connectivity index (χ2v) is 7.14. The number of halogens is 1. The zero-order chi connectivity index (χ0) is 19.8. The van der Waals surface area contributed by atoms with Crippen LogP contribution in [-0.2, 0) is 20.8 Å². The summed E-state index contributed by atoms with van der Waals surface area (Å²) < 4.78 is 13.3. The smallest absolute Gasteiger partial charge is 0.229 e. The number of anilines is 3. The Kier molecular flexibility index (Phi) is 4.58. The van der Waals surface area contributed by atoms with Gasteiger partial charge in [-0.3, -0.25) is 14.4 Å². The van der Waals surface area contributed by atoms with Gasteiger partial charge in [-0.05, 0) is 48.4 Å². The molecule has 2 aliphatic rings. The summed E-state index contributed by atoms with van der Waals surface area (Å²) in [5, 5.41) is 2.68. The number of fused-ring (bicyclic) bond motifs is 1. The molecule has 144 valence electrons. The standard InChI is InChI=1S/C21H20FN3O3/c1-13(26)24-8-7-14-9-18(5-6-19(14)24)25-12-15(10-20(25)27)21(28)23-17-4-2-3-16(22)11-17/h2-6,9,11,15H,7-8,10,12H2,1H3,(H,23,28). The third kappa shape index (κ3) is 3.35. The molecule has 0 spiro atoms. The van der Waals surface area contributed by atoms with Crippen LogP contribution < -0.4 is 15.1 Å². The normalized spacial score (nSPS) is 18.4. The van der Waals surface area contributed by atoms with Crippen molar-refractivity contribution >= 4 is 34.8 Å². The van der Waals surface area contributed by atoms with Gasteiger partial charge in [0.2, 0.25) is 17.7 Å². The van der Waals surface area contributed by atoms with Crippen molar-refractivity contribution in [1.82, 2.24) is 0 Å². The maximum absolute atomic E-state index is 13.3. The van der Waals surface area contributed by atoms with Gasteiger partial charge in [0.05, 0.1) is 5.92 Å². The molecule has 0 aromatic heterocycles. The van der Waals surface area contributed by atoms with E-state index in [0.717, 1.165) is 23.4 Å². The Hall–Kier alpha value is -3.22. The van der Waals surface area contributed by atoms with E-state index in [0.29, 0.717) is 12.2 Å². The summed E-state index contributed by atoms with van der Waals surface area (Å²) in [5.74, 6) is -1.36. The van der Waals surface area contributed by atoms with Crippen LogP contribution in [0.15, 0.2) is 42.5 Å². The predicted octanol–water partition coefficient (Wildman–Crippen LogP) is 2.73. The molecule has 0 saturated carbocycles. The summed E-state index contributed by atoms with van der Waals surface area (Å²) in [4.78, 5) is 40.0. The topological polar surface area (TPSA) is 69.7 Å². The molecule has 0 bridgehead atoms. The SMILES string of the molecule is CC(=O)N1CCc2cc(N3CC(C(=O)Nc4cccc(F)c4)CC3=O)ccc21. The summed E-state index contributed by atoms with van der Waals surface area (Å²) in [6.45, 7) is 2.45. The van der Waals surface area contributed by atoms with Crippen molar-refractivity contribution < 1.29 is 18.8 Å². The van der Waals surface area contributed by atoms with Gasteiger partial charge in [0.25, 0.3) is 0 Å².